The Morgan fingerprint density at radius 1 is 1.30 bits per heavy atom. The average Bonchev–Trinajstić information content (AvgIpc) is 2.75. The second kappa shape index (κ2) is 5.70. The number of benzene rings is 1. The summed E-state index contributed by atoms with van der Waals surface area (Å²) >= 11 is 2.94. The molecular weight excluding hydrogens is 334 g/mol. The summed E-state index contributed by atoms with van der Waals surface area (Å²) in [6, 6.07) is 3.53. The van der Waals surface area contributed by atoms with Crippen LogP contribution in [-0.2, 0) is 0 Å². The van der Waals surface area contributed by atoms with Crippen molar-refractivity contribution in [1.82, 2.24) is 5.16 Å². The Labute approximate surface area is 122 Å². The Bertz CT molecular complexity index is 633. The fourth-order valence-corrected chi connectivity index (χ4v) is 1.96. The number of nitrogens with zero attached hydrogens (tertiary/aromatic N) is 1. The zero-order valence-corrected chi connectivity index (χ0v) is 12.3. The van der Waals surface area contributed by atoms with Crippen LogP contribution in [-0.4, -0.2) is 11.1 Å². The Kier molecular flexibility index (Phi) is 4.17. The molecule has 0 aliphatic carbocycles. The number of rotatable bonds is 3. The molecule has 0 atom stereocenters. The van der Waals surface area contributed by atoms with Crippen LogP contribution < -0.4 is 5.32 Å². The minimum Gasteiger partial charge on any atom is -0.338 e. The first-order valence-corrected chi connectivity index (χ1v) is 6.60. The predicted octanol–water partition coefficient (Wildman–Crippen LogP) is 4.09. The number of hydrogen-bond donors (Lipinski definition) is 1. The van der Waals surface area contributed by atoms with Crippen molar-refractivity contribution in [3.8, 4) is 0 Å². The summed E-state index contributed by atoms with van der Waals surface area (Å²) in [6.07, 6.45) is 0. The third kappa shape index (κ3) is 3.04. The molecule has 106 valence electrons. The van der Waals surface area contributed by atoms with Gasteiger partial charge in [0.2, 0.25) is 5.88 Å². The van der Waals surface area contributed by atoms with E-state index in [0.717, 1.165) is 12.1 Å². The maximum absolute atomic E-state index is 13.6. The van der Waals surface area contributed by atoms with Crippen molar-refractivity contribution in [3.05, 3.63) is 45.6 Å². The van der Waals surface area contributed by atoms with Crippen LogP contribution in [0.4, 0.5) is 14.7 Å². The first-order chi connectivity index (χ1) is 9.38. The number of carbonyl (C=O) groups is 1. The van der Waals surface area contributed by atoms with Crippen molar-refractivity contribution in [3.63, 3.8) is 0 Å². The van der Waals surface area contributed by atoms with Gasteiger partial charge in [0.15, 0.2) is 0 Å². The standard InChI is InChI=1S/C13H11BrF2N2O2/c1-6(2)10-5-11(20-18-10)17-13(19)12-8(15)3-7(14)4-9(12)16/h3-6H,1-2H3,(H,17,19). The number of nitrogens with one attached hydrogen (secondary N) is 1. The van der Waals surface area contributed by atoms with Crippen LogP contribution in [0.3, 0.4) is 0 Å². The van der Waals surface area contributed by atoms with Gasteiger partial charge >= 0.3 is 0 Å². The molecule has 4 nitrogen and oxygen atoms in total. The highest BCUT2D eigenvalue weighted by atomic mass is 79.9. The smallest absolute Gasteiger partial charge is 0.264 e. The van der Waals surface area contributed by atoms with Crippen LogP contribution in [0.1, 0.15) is 35.8 Å². The van der Waals surface area contributed by atoms with Gasteiger partial charge in [-0.2, -0.15) is 0 Å². The number of aromatic nitrogens is 1. The van der Waals surface area contributed by atoms with Gasteiger partial charge in [-0.1, -0.05) is 34.9 Å². The summed E-state index contributed by atoms with van der Waals surface area (Å²) in [5, 5.41) is 6.01. The van der Waals surface area contributed by atoms with Gasteiger partial charge in [-0.05, 0) is 18.1 Å². The molecule has 0 fully saturated rings. The second-order valence-electron chi connectivity index (χ2n) is 4.47. The molecule has 0 radical (unpaired) electrons. The molecule has 1 N–H and O–H groups in total. The molecule has 7 heteroatoms. The van der Waals surface area contributed by atoms with Gasteiger partial charge in [-0.15, -0.1) is 0 Å². The molecular formula is C13H11BrF2N2O2. The molecule has 0 unspecified atom stereocenters. The lowest BCUT2D eigenvalue weighted by molar-refractivity contribution is 0.101. The zero-order chi connectivity index (χ0) is 14.9. The Balaban J connectivity index is 2.24. The van der Waals surface area contributed by atoms with Gasteiger partial charge in [-0.3, -0.25) is 10.1 Å². The molecule has 1 amide bonds. The minimum absolute atomic E-state index is 0.0421. The molecule has 0 bridgehead atoms. The number of hydrogen-bond acceptors (Lipinski definition) is 3. The van der Waals surface area contributed by atoms with Gasteiger partial charge in [0.1, 0.15) is 17.2 Å². The molecule has 1 aromatic carbocycles. The van der Waals surface area contributed by atoms with E-state index in [1.165, 1.54) is 6.07 Å². The Morgan fingerprint density at radius 2 is 1.90 bits per heavy atom. The van der Waals surface area contributed by atoms with E-state index in [0.29, 0.717) is 5.69 Å². The molecule has 1 aromatic heterocycles. The van der Waals surface area contributed by atoms with Crippen molar-refractivity contribution in [2.24, 2.45) is 0 Å². The summed E-state index contributed by atoms with van der Waals surface area (Å²) in [5.41, 5.74) is -0.0345. The zero-order valence-electron chi connectivity index (χ0n) is 10.7. The van der Waals surface area contributed by atoms with E-state index in [2.05, 4.69) is 26.4 Å². The fraction of sp³-hybridized carbons (Fsp3) is 0.231. The van der Waals surface area contributed by atoms with Crippen molar-refractivity contribution < 1.29 is 18.1 Å². The highest BCUT2D eigenvalue weighted by molar-refractivity contribution is 9.10. The third-order valence-corrected chi connectivity index (χ3v) is 3.05. The van der Waals surface area contributed by atoms with E-state index in [1.807, 2.05) is 13.8 Å². The van der Waals surface area contributed by atoms with Crippen LogP contribution in [0.25, 0.3) is 0 Å². The molecule has 0 saturated heterocycles. The Hall–Kier alpha value is -1.76. The van der Waals surface area contributed by atoms with E-state index in [1.54, 1.807) is 0 Å². The minimum atomic E-state index is -0.960. The van der Waals surface area contributed by atoms with Crippen molar-refractivity contribution in [2.45, 2.75) is 19.8 Å². The normalized spacial score (nSPS) is 10.9. The van der Waals surface area contributed by atoms with Crippen molar-refractivity contribution in [2.75, 3.05) is 5.32 Å². The average molecular weight is 345 g/mol. The summed E-state index contributed by atoms with van der Waals surface area (Å²) in [5.74, 6) is -2.69. The predicted molar refractivity (Wildman–Crippen MR) is 72.6 cm³/mol. The molecule has 0 spiro atoms. The van der Waals surface area contributed by atoms with Gasteiger partial charge in [-0.25, -0.2) is 8.78 Å². The van der Waals surface area contributed by atoms with Crippen LogP contribution in [0.2, 0.25) is 0 Å². The summed E-state index contributed by atoms with van der Waals surface area (Å²) in [6.45, 7) is 3.80. The largest absolute Gasteiger partial charge is 0.338 e. The van der Waals surface area contributed by atoms with Crippen molar-refractivity contribution >= 4 is 27.7 Å². The number of carbonyl (C=O) groups excluding carboxylic acids is 1. The van der Waals surface area contributed by atoms with Crippen molar-refractivity contribution in [1.29, 1.82) is 0 Å². The van der Waals surface area contributed by atoms with E-state index in [4.69, 9.17) is 4.52 Å². The number of anilines is 1. The third-order valence-electron chi connectivity index (χ3n) is 2.59. The Morgan fingerprint density at radius 3 is 2.40 bits per heavy atom. The molecule has 2 rings (SSSR count). The fourth-order valence-electron chi connectivity index (χ4n) is 1.55. The molecule has 20 heavy (non-hydrogen) atoms. The van der Waals surface area contributed by atoms with E-state index >= 15 is 0 Å². The maximum Gasteiger partial charge on any atom is 0.264 e. The molecule has 1 heterocycles. The topological polar surface area (TPSA) is 55.1 Å². The molecule has 2 aromatic rings. The van der Waals surface area contributed by atoms with Gasteiger partial charge in [0.05, 0.1) is 5.69 Å². The first-order valence-electron chi connectivity index (χ1n) is 5.81. The monoisotopic (exact) mass is 344 g/mol. The van der Waals surface area contributed by atoms with Crippen LogP contribution in [0.15, 0.2) is 27.2 Å². The molecule has 0 aliphatic heterocycles. The summed E-state index contributed by atoms with van der Waals surface area (Å²) in [7, 11) is 0. The van der Waals surface area contributed by atoms with Gasteiger partial charge in [0, 0.05) is 10.5 Å². The highest BCUT2D eigenvalue weighted by Crippen LogP contribution is 2.22. The lowest BCUT2D eigenvalue weighted by Gasteiger charge is -2.04. The second-order valence-corrected chi connectivity index (χ2v) is 5.38. The first kappa shape index (κ1) is 14.6. The molecule has 0 saturated carbocycles. The highest BCUT2D eigenvalue weighted by Gasteiger charge is 2.20. The quantitative estimate of drug-likeness (QED) is 0.912. The maximum atomic E-state index is 13.6. The van der Waals surface area contributed by atoms with Gasteiger partial charge in [0.25, 0.3) is 5.91 Å². The lowest BCUT2D eigenvalue weighted by atomic mass is 10.1. The lowest BCUT2D eigenvalue weighted by Crippen LogP contribution is -2.15. The SMILES string of the molecule is CC(C)c1cc(NC(=O)c2c(F)cc(Br)cc2F)on1. The number of halogens is 3. The van der Waals surface area contributed by atoms with Crippen LogP contribution >= 0.6 is 15.9 Å². The summed E-state index contributed by atoms with van der Waals surface area (Å²) in [4.78, 5) is 11.9. The summed E-state index contributed by atoms with van der Waals surface area (Å²) < 4.78 is 32.3. The number of amides is 1. The van der Waals surface area contributed by atoms with Crippen LogP contribution in [0, 0.1) is 11.6 Å². The van der Waals surface area contributed by atoms with Crippen LogP contribution in [0.5, 0.6) is 0 Å². The van der Waals surface area contributed by atoms with E-state index in [9.17, 15) is 13.6 Å². The van der Waals surface area contributed by atoms with E-state index in [-0.39, 0.29) is 16.3 Å². The van der Waals surface area contributed by atoms with E-state index < -0.39 is 23.1 Å². The molecule has 0 aliphatic rings. The van der Waals surface area contributed by atoms with Gasteiger partial charge < -0.3 is 4.52 Å².